The van der Waals surface area contributed by atoms with Gasteiger partial charge in [0.1, 0.15) is 5.75 Å². The third-order valence-corrected chi connectivity index (χ3v) is 3.40. The van der Waals surface area contributed by atoms with Gasteiger partial charge in [-0.2, -0.15) is 0 Å². The molecule has 0 heterocycles. The number of amides is 1. The van der Waals surface area contributed by atoms with Crippen molar-refractivity contribution < 1.29 is 28.5 Å². The van der Waals surface area contributed by atoms with Crippen LogP contribution in [0.15, 0.2) is 48.5 Å². The van der Waals surface area contributed by atoms with E-state index in [4.69, 9.17) is 18.9 Å². The standard InChI is InChI=1S/C20H23NO6/c1-3-12-25-17-10-6-7-11-18(17)26-14-20(23)27-13-19(22)21-15-8-4-5-9-16(15)24-2/h4-11H,3,12-14H2,1-2H3,(H,21,22). The highest BCUT2D eigenvalue weighted by molar-refractivity contribution is 5.94. The summed E-state index contributed by atoms with van der Waals surface area (Å²) in [4.78, 5) is 23.8. The number of para-hydroxylation sites is 4. The van der Waals surface area contributed by atoms with Gasteiger partial charge in [-0.15, -0.1) is 0 Å². The molecule has 0 unspecified atom stereocenters. The van der Waals surface area contributed by atoms with Crippen LogP contribution in [0.4, 0.5) is 5.69 Å². The van der Waals surface area contributed by atoms with Crippen LogP contribution in [0, 0.1) is 0 Å². The molecule has 0 bridgehead atoms. The SMILES string of the molecule is CCCOc1ccccc1OCC(=O)OCC(=O)Nc1ccccc1OC. The van der Waals surface area contributed by atoms with E-state index in [9.17, 15) is 9.59 Å². The predicted molar refractivity (Wildman–Crippen MR) is 100 cm³/mol. The van der Waals surface area contributed by atoms with Gasteiger partial charge in [-0.05, 0) is 30.7 Å². The zero-order chi connectivity index (χ0) is 19.5. The van der Waals surface area contributed by atoms with Gasteiger partial charge in [-0.25, -0.2) is 4.79 Å². The molecule has 27 heavy (non-hydrogen) atoms. The highest BCUT2D eigenvalue weighted by Gasteiger charge is 2.12. The van der Waals surface area contributed by atoms with E-state index in [1.807, 2.05) is 13.0 Å². The van der Waals surface area contributed by atoms with Crippen molar-refractivity contribution in [2.24, 2.45) is 0 Å². The number of anilines is 1. The van der Waals surface area contributed by atoms with Gasteiger partial charge in [0.25, 0.3) is 5.91 Å². The molecule has 2 rings (SSSR count). The fourth-order valence-electron chi connectivity index (χ4n) is 2.16. The molecule has 0 aliphatic carbocycles. The van der Waals surface area contributed by atoms with Gasteiger partial charge in [0.05, 0.1) is 19.4 Å². The molecule has 0 saturated carbocycles. The highest BCUT2D eigenvalue weighted by atomic mass is 16.6. The van der Waals surface area contributed by atoms with Crippen molar-refractivity contribution in [1.82, 2.24) is 0 Å². The Morgan fingerprint density at radius 1 is 0.889 bits per heavy atom. The quantitative estimate of drug-likeness (QED) is 0.645. The highest BCUT2D eigenvalue weighted by Crippen LogP contribution is 2.26. The van der Waals surface area contributed by atoms with Crippen LogP contribution < -0.4 is 19.5 Å². The minimum Gasteiger partial charge on any atom is -0.495 e. The Hall–Kier alpha value is -3.22. The summed E-state index contributed by atoms with van der Waals surface area (Å²) in [6.07, 6.45) is 0.859. The van der Waals surface area contributed by atoms with Gasteiger partial charge < -0.3 is 24.3 Å². The normalized spacial score (nSPS) is 10.0. The van der Waals surface area contributed by atoms with E-state index in [0.29, 0.717) is 29.5 Å². The van der Waals surface area contributed by atoms with E-state index >= 15 is 0 Å². The van der Waals surface area contributed by atoms with Crippen molar-refractivity contribution in [3.8, 4) is 17.2 Å². The minimum atomic E-state index is -0.657. The molecular formula is C20H23NO6. The maximum atomic E-state index is 11.9. The van der Waals surface area contributed by atoms with Crippen molar-refractivity contribution in [2.75, 3.05) is 32.2 Å². The molecular weight excluding hydrogens is 350 g/mol. The number of carbonyl (C=O) groups excluding carboxylic acids is 2. The topological polar surface area (TPSA) is 83.1 Å². The number of hydrogen-bond acceptors (Lipinski definition) is 6. The molecule has 0 aliphatic heterocycles. The molecule has 0 fully saturated rings. The molecule has 1 N–H and O–H groups in total. The van der Waals surface area contributed by atoms with Crippen LogP contribution in [0.3, 0.4) is 0 Å². The zero-order valence-corrected chi connectivity index (χ0v) is 15.4. The molecule has 0 spiro atoms. The predicted octanol–water partition coefficient (Wildman–Crippen LogP) is 3.04. The first-order chi connectivity index (χ1) is 13.1. The number of rotatable bonds is 10. The minimum absolute atomic E-state index is 0.325. The summed E-state index contributed by atoms with van der Waals surface area (Å²) in [6.45, 7) is 1.80. The fourth-order valence-corrected chi connectivity index (χ4v) is 2.16. The summed E-state index contributed by atoms with van der Waals surface area (Å²) in [6, 6.07) is 14.0. The van der Waals surface area contributed by atoms with Gasteiger partial charge in [-0.1, -0.05) is 31.2 Å². The van der Waals surface area contributed by atoms with Crippen LogP contribution in [0.2, 0.25) is 0 Å². The second-order valence-corrected chi connectivity index (χ2v) is 5.49. The molecule has 7 nitrogen and oxygen atoms in total. The summed E-state index contributed by atoms with van der Waals surface area (Å²) in [5.41, 5.74) is 0.499. The Balaban J connectivity index is 1.79. The molecule has 2 aromatic carbocycles. The summed E-state index contributed by atoms with van der Waals surface area (Å²) < 4.78 is 21.1. The van der Waals surface area contributed by atoms with E-state index < -0.39 is 18.5 Å². The summed E-state index contributed by atoms with van der Waals surface area (Å²) >= 11 is 0. The fraction of sp³-hybridized carbons (Fsp3) is 0.300. The Morgan fingerprint density at radius 3 is 2.19 bits per heavy atom. The summed E-state index contributed by atoms with van der Waals surface area (Å²) in [7, 11) is 1.50. The molecule has 7 heteroatoms. The van der Waals surface area contributed by atoms with Crippen molar-refractivity contribution in [3.05, 3.63) is 48.5 Å². The average molecular weight is 373 g/mol. The lowest BCUT2D eigenvalue weighted by Gasteiger charge is -2.12. The number of esters is 1. The summed E-state index contributed by atoms with van der Waals surface area (Å²) in [5.74, 6) is 0.390. The smallest absolute Gasteiger partial charge is 0.344 e. The maximum absolute atomic E-state index is 11.9. The second kappa shape index (κ2) is 10.7. The Kier molecular flexibility index (Phi) is 7.96. The lowest BCUT2D eigenvalue weighted by Crippen LogP contribution is -2.24. The van der Waals surface area contributed by atoms with Gasteiger partial charge in [-0.3, -0.25) is 4.79 Å². The first-order valence-electron chi connectivity index (χ1n) is 8.57. The van der Waals surface area contributed by atoms with E-state index in [1.54, 1.807) is 42.5 Å². The first kappa shape index (κ1) is 20.1. The second-order valence-electron chi connectivity index (χ2n) is 5.49. The number of ether oxygens (including phenoxy) is 4. The zero-order valence-electron chi connectivity index (χ0n) is 15.4. The van der Waals surface area contributed by atoms with Crippen LogP contribution in [0.5, 0.6) is 17.2 Å². The van der Waals surface area contributed by atoms with E-state index in [1.165, 1.54) is 7.11 Å². The lowest BCUT2D eigenvalue weighted by atomic mass is 10.3. The molecule has 2 aromatic rings. The van der Waals surface area contributed by atoms with Crippen LogP contribution >= 0.6 is 0 Å². The Labute approximate surface area is 158 Å². The maximum Gasteiger partial charge on any atom is 0.344 e. The molecule has 0 radical (unpaired) electrons. The average Bonchev–Trinajstić information content (AvgIpc) is 2.70. The van der Waals surface area contributed by atoms with Crippen LogP contribution in [-0.4, -0.2) is 38.8 Å². The number of benzene rings is 2. The number of methoxy groups -OCH3 is 1. The third kappa shape index (κ3) is 6.54. The van der Waals surface area contributed by atoms with Crippen LogP contribution in [0.25, 0.3) is 0 Å². The Morgan fingerprint density at radius 2 is 1.52 bits per heavy atom. The number of hydrogen-bond donors (Lipinski definition) is 1. The molecule has 1 amide bonds. The van der Waals surface area contributed by atoms with E-state index in [-0.39, 0.29) is 6.61 Å². The summed E-state index contributed by atoms with van der Waals surface area (Å²) in [5, 5.41) is 2.62. The van der Waals surface area contributed by atoms with Gasteiger partial charge in [0.2, 0.25) is 0 Å². The number of carbonyl (C=O) groups is 2. The molecule has 0 saturated heterocycles. The molecule has 0 atom stereocenters. The van der Waals surface area contributed by atoms with Crippen LogP contribution in [0.1, 0.15) is 13.3 Å². The van der Waals surface area contributed by atoms with E-state index in [0.717, 1.165) is 6.42 Å². The van der Waals surface area contributed by atoms with E-state index in [2.05, 4.69) is 5.32 Å². The third-order valence-electron chi connectivity index (χ3n) is 3.40. The largest absolute Gasteiger partial charge is 0.495 e. The monoisotopic (exact) mass is 373 g/mol. The molecule has 144 valence electrons. The molecule has 0 aromatic heterocycles. The van der Waals surface area contributed by atoms with Gasteiger partial charge >= 0.3 is 5.97 Å². The Bertz CT molecular complexity index is 762. The lowest BCUT2D eigenvalue weighted by molar-refractivity contribution is -0.149. The first-order valence-corrected chi connectivity index (χ1v) is 8.57. The van der Waals surface area contributed by atoms with Gasteiger partial charge in [0.15, 0.2) is 24.7 Å². The van der Waals surface area contributed by atoms with Crippen molar-refractivity contribution in [3.63, 3.8) is 0 Å². The number of nitrogens with one attached hydrogen (secondary N) is 1. The van der Waals surface area contributed by atoms with Gasteiger partial charge in [0, 0.05) is 0 Å². The molecule has 0 aliphatic rings. The van der Waals surface area contributed by atoms with Crippen molar-refractivity contribution >= 4 is 17.6 Å². The van der Waals surface area contributed by atoms with Crippen molar-refractivity contribution in [1.29, 1.82) is 0 Å². The van der Waals surface area contributed by atoms with Crippen LogP contribution in [-0.2, 0) is 14.3 Å². The van der Waals surface area contributed by atoms with Crippen molar-refractivity contribution in [2.45, 2.75) is 13.3 Å².